The molecule has 0 aliphatic rings. The van der Waals surface area contributed by atoms with Gasteiger partial charge in [-0.2, -0.15) is 0 Å². The summed E-state index contributed by atoms with van der Waals surface area (Å²) in [5.74, 6) is -1.19. The van der Waals surface area contributed by atoms with E-state index in [-0.39, 0.29) is 13.2 Å². The van der Waals surface area contributed by atoms with Crippen molar-refractivity contribution in [2.24, 2.45) is 0 Å². The van der Waals surface area contributed by atoms with Crippen molar-refractivity contribution in [1.29, 1.82) is 0 Å². The van der Waals surface area contributed by atoms with Crippen LogP contribution in [0.2, 0.25) is 0 Å². The van der Waals surface area contributed by atoms with Gasteiger partial charge >= 0.3 is 40.5 Å². The van der Waals surface area contributed by atoms with Crippen LogP contribution >= 0.6 is 27.2 Å². The second kappa shape index (κ2) is 7.32. The van der Waals surface area contributed by atoms with Crippen LogP contribution in [-0.2, 0) is 13.2 Å². The van der Waals surface area contributed by atoms with E-state index in [4.69, 9.17) is 0 Å². The molecule has 0 fully saturated rings. The van der Waals surface area contributed by atoms with Crippen molar-refractivity contribution < 1.29 is 22.0 Å². The van der Waals surface area contributed by atoms with Crippen molar-refractivity contribution in [3.8, 4) is 0 Å². The quantitative estimate of drug-likeness (QED) is 0.636. The van der Waals surface area contributed by atoms with Gasteiger partial charge in [0.25, 0.3) is 0 Å². The Morgan fingerprint density at radius 1 is 1.18 bits per heavy atom. The van der Waals surface area contributed by atoms with Gasteiger partial charge in [-0.1, -0.05) is 0 Å². The fourth-order valence-electron chi connectivity index (χ4n) is 0.416. The van der Waals surface area contributed by atoms with Crippen LogP contribution in [0.3, 0.4) is 0 Å². The van der Waals surface area contributed by atoms with E-state index < -0.39 is 11.6 Å². The zero-order chi connectivity index (χ0) is 8.69. The van der Waals surface area contributed by atoms with Crippen LogP contribution in [0, 0.1) is 17.7 Å². The molecule has 1 aromatic rings. The number of rotatable bonds is 0. The fourth-order valence-corrected chi connectivity index (χ4v) is 0.416. The van der Waals surface area contributed by atoms with Crippen molar-refractivity contribution in [3.63, 3.8) is 0 Å². The van der Waals surface area contributed by atoms with E-state index in [1.807, 2.05) is 0 Å². The zero-order valence-corrected chi connectivity index (χ0v) is 11.6. The van der Waals surface area contributed by atoms with E-state index in [2.05, 4.69) is 33.3 Å². The van der Waals surface area contributed by atoms with E-state index in [0.717, 1.165) is 18.2 Å². The number of hydrogen-bond donors (Lipinski definition) is 0. The molecule has 0 unspecified atom stereocenters. The minimum atomic E-state index is -0.593. The molecule has 5 heteroatoms. The third kappa shape index (κ3) is 7.04. The molecule has 0 atom stereocenters. The molecular formula is C6H3Br2F2Zn. The van der Waals surface area contributed by atoms with Crippen LogP contribution in [0.4, 0.5) is 8.78 Å². The molecule has 0 spiro atoms. The molecule has 0 saturated carbocycles. The van der Waals surface area contributed by atoms with E-state index in [1.165, 1.54) is 0 Å². The van der Waals surface area contributed by atoms with Gasteiger partial charge in [0.1, 0.15) is 11.6 Å². The summed E-state index contributed by atoms with van der Waals surface area (Å²) in [7, 11) is 0. The standard InChI is InChI=1S/C6H3F2.2BrH.Zn/c7-5-2-1-3-6(8)4-5;;;/h2-4H;2*1H;/q;;;+2/p-2. The van der Waals surface area contributed by atoms with Gasteiger partial charge in [-0.05, 0) is 18.2 Å². The van der Waals surface area contributed by atoms with E-state index in [1.54, 1.807) is 0 Å². The first kappa shape index (κ1) is 11.7. The predicted octanol–water partition coefficient (Wildman–Crippen LogP) is 3.45. The molecule has 0 N–H and O–H groups in total. The molecule has 0 saturated heterocycles. The molecule has 1 radical (unpaired) electrons. The SMILES string of the molecule is Fc1c[c]cc(F)c1.[Br][Zn][Br]. The summed E-state index contributed by atoms with van der Waals surface area (Å²) < 4.78 is 23.8. The Balaban J connectivity index is 0.000000292. The van der Waals surface area contributed by atoms with Crippen LogP contribution in [0.25, 0.3) is 0 Å². The average molecular weight is 338 g/mol. The van der Waals surface area contributed by atoms with Gasteiger partial charge in [-0.3, -0.25) is 0 Å². The topological polar surface area (TPSA) is 0 Å². The van der Waals surface area contributed by atoms with Crippen LogP contribution in [-0.4, -0.2) is 0 Å². The van der Waals surface area contributed by atoms with Crippen molar-refractivity contribution >= 4 is 27.2 Å². The molecule has 0 amide bonds. The minimum absolute atomic E-state index is 0.250. The Hall–Kier alpha value is 0.663. The van der Waals surface area contributed by atoms with Crippen molar-refractivity contribution in [3.05, 3.63) is 35.9 Å². The van der Waals surface area contributed by atoms with Gasteiger partial charge in [0.15, 0.2) is 0 Å². The third-order valence-electron chi connectivity index (χ3n) is 0.718. The van der Waals surface area contributed by atoms with Crippen molar-refractivity contribution in [2.75, 3.05) is 0 Å². The van der Waals surface area contributed by atoms with Gasteiger partial charge in [-0.25, -0.2) is 8.78 Å². The summed E-state index contributed by atoms with van der Waals surface area (Å²) in [6.45, 7) is 0. The molecule has 1 rings (SSSR count). The molecule has 0 aliphatic carbocycles. The van der Waals surface area contributed by atoms with Gasteiger partial charge < -0.3 is 0 Å². The first-order chi connectivity index (χ1) is 5.20. The average Bonchev–Trinajstić information content (AvgIpc) is 1.88. The van der Waals surface area contributed by atoms with Crippen LogP contribution < -0.4 is 0 Å². The number of halogens is 4. The summed E-state index contributed by atoms with van der Waals surface area (Å²) in [6, 6.07) is 5.23. The molecule has 0 heterocycles. The number of hydrogen-bond acceptors (Lipinski definition) is 0. The van der Waals surface area contributed by atoms with E-state index >= 15 is 0 Å². The molecule has 0 aliphatic heterocycles. The van der Waals surface area contributed by atoms with Gasteiger partial charge in [-0.15, -0.1) is 0 Å². The Morgan fingerprint density at radius 3 is 1.73 bits per heavy atom. The molecule has 11 heavy (non-hydrogen) atoms. The molecule has 0 bridgehead atoms. The summed E-state index contributed by atoms with van der Waals surface area (Å²) >= 11 is 6.25. The molecule has 0 aromatic heterocycles. The van der Waals surface area contributed by atoms with Crippen molar-refractivity contribution in [2.45, 2.75) is 0 Å². The van der Waals surface area contributed by atoms with Gasteiger partial charge in [0.05, 0.1) is 0 Å². The summed E-state index contributed by atoms with van der Waals surface area (Å²) in [5, 5.41) is 0. The van der Waals surface area contributed by atoms with Crippen LogP contribution in [0.15, 0.2) is 18.2 Å². The van der Waals surface area contributed by atoms with E-state index in [0.29, 0.717) is 0 Å². The second-order valence-electron chi connectivity index (χ2n) is 1.47. The molecule has 0 nitrogen and oxygen atoms in total. The maximum absolute atomic E-state index is 11.9. The monoisotopic (exact) mass is 335 g/mol. The first-order valence-electron chi connectivity index (χ1n) is 2.64. The van der Waals surface area contributed by atoms with E-state index in [9.17, 15) is 8.78 Å². The summed E-state index contributed by atoms with van der Waals surface area (Å²) in [4.78, 5) is 0. The molecule has 1 aromatic carbocycles. The van der Waals surface area contributed by atoms with Crippen LogP contribution in [0.5, 0.6) is 0 Å². The fraction of sp³-hybridized carbons (Fsp3) is 0. The van der Waals surface area contributed by atoms with Gasteiger partial charge in [0, 0.05) is 6.07 Å². The Labute approximate surface area is 84.7 Å². The summed E-state index contributed by atoms with van der Waals surface area (Å²) in [6.07, 6.45) is 0. The second-order valence-corrected chi connectivity index (χ2v) is 15.5. The molecule has 57 valence electrons. The number of benzene rings is 1. The van der Waals surface area contributed by atoms with Crippen LogP contribution in [0.1, 0.15) is 0 Å². The Bertz CT molecular complexity index is 190. The normalized spacial score (nSPS) is 7.64. The van der Waals surface area contributed by atoms with Gasteiger partial charge in [0.2, 0.25) is 0 Å². The Kier molecular flexibility index (Phi) is 7.76. The first-order valence-corrected chi connectivity index (χ1v) is 16.5. The summed E-state index contributed by atoms with van der Waals surface area (Å²) in [5.41, 5.74) is 0. The Morgan fingerprint density at radius 2 is 1.55 bits per heavy atom. The molecular weight excluding hydrogens is 335 g/mol. The predicted molar refractivity (Wildman–Crippen MR) is 43.0 cm³/mol. The zero-order valence-electron chi connectivity index (χ0n) is 5.45. The third-order valence-corrected chi connectivity index (χ3v) is 0.718. The van der Waals surface area contributed by atoms with Crippen molar-refractivity contribution in [1.82, 2.24) is 0 Å². The maximum atomic E-state index is 11.9.